The van der Waals surface area contributed by atoms with Gasteiger partial charge in [0.1, 0.15) is 5.75 Å². The number of benzene rings is 2. The lowest BCUT2D eigenvalue weighted by molar-refractivity contribution is 0.0721. The first-order valence-corrected chi connectivity index (χ1v) is 7.37. The zero-order valence-electron chi connectivity index (χ0n) is 12.3. The normalized spacial score (nSPS) is 17.1. The number of methoxy groups -OCH3 is 1. The second-order valence-corrected chi connectivity index (χ2v) is 5.28. The Balaban J connectivity index is 1.63. The summed E-state index contributed by atoms with van der Waals surface area (Å²) < 4.78 is 11.0. The van der Waals surface area contributed by atoms with Crippen LogP contribution in [-0.2, 0) is 11.3 Å². The fourth-order valence-corrected chi connectivity index (χ4v) is 2.52. The first-order valence-electron chi connectivity index (χ1n) is 7.37. The third kappa shape index (κ3) is 3.53. The standard InChI is InChI=1S/C19H20O2/c1-20-18-12-10-17(11-13-18)16-8-6-15(7-9-16)14-21-19-4-2-3-5-19/h2,4,6-13,19H,3,5,14H2,1H3. The van der Waals surface area contributed by atoms with Crippen molar-refractivity contribution in [3.63, 3.8) is 0 Å². The van der Waals surface area contributed by atoms with Crippen LogP contribution in [0.2, 0.25) is 0 Å². The minimum atomic E-state index is 0.297. The summed E-state index contributed by atoms with van der Waals surface area (Å²) in [6.07, 6.45) is 6.90. The van der Waals surface area contributed by atoms with Gasteiger partial charge in [-0.1, -0.05) is 48.6 Å². The Kier molecular flexibility index (Phi) is 4.37. The molecule has 0 amide bonds. The highest BCUT2D eigenvalue weighted by atomic mass is 16.5. The van der Waals surface area contributed by atoms with Crippen molar-refractivity contribution in [2.45, 2.75) is 25.6 Å². The molecular weight excluding hydrogens is 260 g/mol. The van der Waals surface area contributed by atoms with Gasteiger partial charge in [0.15, 0.2) is 0 Å². The highest BCUT2D eigenvalue weighted by Crippen LogP contribution is 2.23. The molecule has 3 rings (SSSR count). The van der Waals surface area contributed by atoms with E-state index in [0.29, 0.717) is 12.7 Å². The summed E-state index contributed by atoms with van der Waals surface area (Å²) in [6.45, 7) is 0.678. The smallest absolute Gasteiger partial charge is 0.118 e. The molecule has 1 atom stereocenters. The van der Waals surface area contributed by atoms with E-state index in [-0.39, 0.29) is 0 Å². The van der Waals surface area contributed by atoms with Crippen LogP contribution in [0.4, 0.5) is 0 Å². The van der Waals surface area contributed by atoms with Crippen LogP contribution in [0.25, 0.3) is 11.1 Å². The van der Waals surface area contributed by atoms with Gasteiger partial charge in [-0.15, -0.1) is 0 Å². The average molecular weight is 280 g/mol. The van der Waals surface area contributed by atoms with Crippen LogP contribution >= 0.6 is 0 Å². The zero-order chi connectivity index (χ0) is 14.5. The Morgan fingerprint density at radius 2 is 1.62 bits per heavy atom. The summed E-state index contributed by atoms with van der Waals surface area (Å²) in [5.74, 6) is 0.883. The van der Waals surface area contributed by atoms with Crippen molar-refractivity contribution in [2.24, 2.45) is 0 Å². The second kappa shape index (κ2) is 6.59. The summed E-state index contributed by atoms with van der Waals surface area (Å²) >= 11 is 0. The van der Waals surface area contributed by atoms with Crippen molar-refractivity contribution >= 4 is 0 Å². The largest absolute Gasteiger partial charge is 0.497 e. The summed E-state index contributed by atoms with van der Waals surface area (Å²) in [5, 5.41) is 0. The van der Waals surface area contributed by atoms with Crippen molar-refractivity contribution in [3.05, 3.63) is 66.2 Å². The Hall–Kier alpha value is -2.06. The quantitative estimate of drug-likeness (QED) is 0.745. The topological polar surface area (TPSA) is 18.5 Å². The number of allylic oxidation sites excluding steroid dienone is 1. The van der Waals surface area contributed by atoms with Gasteiger partial charge in [0.05, 0.1) is 19.8 Å². The molecule has 0 fully saturated rings. The Morgan fingerprint density at radius 3 is 2.19 bits per heavy atom. The molecule has 2 aromatic carbocycles. The molecule has 1 aliphatic rings. The van der Waals surface area contributed by atoms with Crippen LogP contribution in [-0.4, -0.2) is 13.2 Å². The number of rotatable bonds is 5. The lowest BCUT2D eigenvalue weighted by Crippen LogP contribution is -2.05. The van der Waals surface area contributed by atoms with Crippen molar-refractivity contribution < 1.29 is 9.47 Å². The number of hydrogen-bond acceptors (Lipinski definition) is 2. The van der Waals surface area contributed by atoms with Gasteiger partial charge >= 0.3 is 0 Å². The predicted molar refractivity (Wildman–Crippen MR) is 85.4 cm³/mol. The fraction of sp³-hybridized carbons (Fsp3) is 0.263. The van der Waals surface area contributed by atoms with Gasteiger partial charge in [-0.3, -0.25) is 0 Å². The first-order chi connectivity index (χ1) is 10.3. The highest BCUT2D eigenvalue weighted by Gasteiger charge is 2.09. The van der Waals surface area contributed by atoms with Crippen molar-refractivity contribution in [1.82, 2.24) is 0 Å². The maximum atomic E-state index is 5.86. The fourth-order valence-electron chi connectivity index (χ4n) is 2.52. The molecule has 1 aliphatic carbocycles. The molecule has 0 saturated heterocycles. The van der Waals surface area contributed by atoms with Crippen LogP contribution in [0.15, 0.2) is 60.7 Å². The molecule has 0 aromatic heterocycles. The molecule has 21 heavy (non-hydrogen) atoms. The minimum absolute atomic E-state index is 0.297. The van der Waals surface area contributed by atoms with E-state index in [4.69, 9.17) is 9.47 Å². The molecule has 0 heterocycles. The van der Waals surface area contributed by atoms with Gasteiger partial charge in [0.25, 0.3) is 0 Å². The van der Waals surface area contributed by atoms with E-state index in [2.05, 4.69) is 48.6 Å². The van der Waals surface area contributed by atoms with Crippen molar-refractivity contribution in [3.8, 4) is 16.9 Å². The predicted octanol–water partition coefficient (Wildman–Crippen LogP) is 4.60. The molecule has 0 N–H and O–H groups in total. The van der Waals surface area contributed by atoms with Crippen molar-refractivity contribution in [2.75, 3.05) is 7.11 Å². The lowest BCUT2D eigenvalue weighted by atomic mass is 10.0. The highest BCUT2D eigenvalue weighted by molar-refractivity contribution is 5.64. The second-order valence-electron chi connectivity index (χ2n) is 5.28. The van der Waals surface area contributed by atoms with Crippen molar-refractivity contribution in [1.29, 1.82) is 0 Å². The first kappa shape index (κ1) is 13.9. The Morgan fingerprint density at radius 1 is 0.952 bits per heavy atom. The van der Waals surface area contributed by atoms with E-state index in [1.165, 1.54) is 16.7 Å². The maximum Gasteiger partial charge on any atom is 0.118 e. The van der Waals surface area contributed by atoms with E-state index in [1.54, 1.807) is 7.11 Å². The van der Waals surface area contributed by atoms with E-state index in [1.807, 2.05) is 12.1 Å². The number of ether oxygens (including phenoxy) is 2. The zero-order valence-corrected chi connectivity index (χ0v) is 12.3. The molecule has 2 heteroatoms. The van der Waals surface area contributed by atoms with E-state index in [0.717, 1.165) is 18.6 Å². The van der Waals surface area contributed by atoms with Gasteiger partial charge in [-0.2, -0.15) is 0 Å². The SMILES string of the molecule is COc1ccc(-c2ccc(COC3C=CCC3)cc2)cc1. The molecule has 0 bridgehead atoms. The van der Waals surface area contributed by atoms with Crippen LogP contribution in [0.3, 0.4) is 0 Å². The Bertz CT molecular complexity index is 596. The van der Waals surface area contributed by atoms with Crippen LogP contribution in [0.5, 0.6) is 5.75 Å². The monoisotopic (exact) mass is 280 g/mol. The molecule has 108 valence electrons. The van der Waals surface area contributed by atoms with Crippen LogP contribution in [0.1, 0.15) is 18.4 Å². The average Bonchev–Trinajstić information content (AvgIpc) is 3.07. The molecular formula is C19H20O2. The summed E-state index contributed by atoms with van der Waals surface area (Å²) in [5.41, 5.74) is 3.62. The molecule has 0 radical (unpaired) electrons. The Labute approximate surface area is 126 Å². The van der Waals surface area contributed by atoms with E-state index >= 15 is 0 Å². The van der Waals surface area contributed by atoms with Gasteiger partial charge in [0.2, 0.25) is 0 Å². The third-order valence-electron chi connectivity index (χ3n) is 3.81. The minimum Gasteiger partial charge on any atom is -0.497 e. The molecule has 2 aromatic rings. The van der Waals surface area contributed by atoms with Gasteiger partial charge in [0, 0.05) is 0 Å². The number of hydrogen-bond donors (Lipinski definition) is 0. The van der Waals surface area contributed by atoms with Gasteiger partial charge in [-0.05, 0) is 41.7 Å². The third-order valence-corrected chi connectivity index (χ3v) is 3.81. The summed E-state index contributed by atoms with van der Waals surface area (Å²) in [6, 6.07) is 16.7. The van der Waals surface area contributed by atoms with E-state index in [9.17, 15) is 0 Å². The summed E-state index contributed by atoms with van der Waals surface area (Å²) in [7, 11) is 1.68. The molecule has 0 aliphatic heterocycles. The van der Waals surface area contributed by atoms with Gasteiger partial charge < -0.3 is 9.47 Å². The van der Waals surface area contributed by atoms with Gasteiger partial charge in [-0.25, -0.2) is 0 Å². The van der Waals surface area contributed by atoms with E-state index < -0.39 is 0 Å². The summed E-state index contributed by atoms with van der Waals surface area (Å²) in [4.78, 5) is 0. The molecule has 2 nitrogen and oxygen atoms in total. The molecule has 0 spiro atoms. The maximum absolute atomic E-state index is 5.86. The lowest BCUT2D eigenvalue weighted by Gasteiger charge is -2.10. The molecule has 0 saturated carbocycles. The molecule has 1 unspecified atom stereocenters. The van der Waals surface area contributed by atoms with Crippen LogP contribution in [0, 0.1) is 0 Å². The van der Waals surface area contributed by atoms with Crippen LogP contribution < -0.4 is 4.74 Å².